The largest absolute Gasteiger partial charge is 0.383 e. The van der Waals surface area contributed by atoms with E-state index in [0.29, 0.717) is 17.8 Å². The first-order chi connectivity index (χ1) is 9.06. The Kier molecular flexibility index (Phi) is 7.11. The highest BCUT2D eigenvalue weighted by Crippen LogP contribution is 2.25. The number of nitrogens with one attached hydrogen (secondary N) is 1. The van der Waals surface area contributed by atoms with Crippen LogP contribution in [0, 0.1) is 5.92 Å². The maximum absolute atomic E-state index is 5.07. The van der Waals surface area contributed by atoms with E-state index in [1.54, 1.807) is 7.11 Å². The summed E-state index contributed by atoms with van der Waals surface area (Å²) in [6.45, 7) is 11.8. The van der Waals surface area contributed by atoms with Gasteiger partial charge in [-0.3, -0.25) is 0 Å². The molecular formula is C17H29NO. The van der Waals surface area contributed by atoms with Crippen molar-refractivity contribution in [1.82, 2.24) is 5.32 Å². The zero-order valence-electron chi connectivity index (χ0n) is 13.1. The molecule has 2 nitrogen and oxygen atoms in total. The van der Waals surface area contributed by atoms with Crippen molar-refractivity contribution in [1.29, 1.82) is 0 Å². The minimum absolute atomic E-state index is 0.568. The van der Waals surface area contributed by atoms with Crippen LogP contribution in [0.2, 0.25) is 0 Å². The lowest BCUT2D eigenvalue weighted by Gasteiger charge is -2.22. The van der Waals surface area contributed by atoms with Gasteiger partial charge in [-0.2, -0.15) is 0 Å². The van der Waals surface area contributed by atoms with E-state index in [1.807, 2.05) is 0 Å². The summed E-state index contributed by atoms with van der Waals surface area (Å²) < 4.78 is 5.07. The Balaban J connectivity index is 2.65. The molecule has 1 N–H and O–H groups in total. The third-order valence-electron chi connectivity index (χ3n) is 3.68. The minimum atomic E-state index is 0.568. The van der Waals surface area contributed by atoms with Crippen LogP contribution < -0.4 is 5.32 Å². The molecule has 19 heavy (non-hydrogen) atoms. The third kappa shape index (κ3) is 5.33. The Morgan fingerprint density at radius 2 is 1.58 bits per heavy atom. The summed E-state index contributed by atoms with van der Waals surface area (Å²) in [7, 11) is 1.74. The Morgan fingerprint density at radius 1 is 1.00 bits per heavy atom. The number of hydrogen-bond acceptors (Lipinski definition) is 2. The molecule has 0 aliphatic heterocycles. The van der Waals surface area contributed by atoms with E-state index in [2.05, 4.69) is 57.3 Å². The van der Waals surface area contributed by atoms with Gasteiger partial charge in [-0.25, -0.2) is 0 Å². The Hall–Kier alpha value is -0.860. The van der Waals surface area contributed by atoms with Gasteiger partial charge >= 0.3 is 0 Å². The first-order valence-electron chi connectivity index (χ1n) is 7.35. The molecule has 1 aromatic carbocycles. The quantitative estimate of drug-likeness (QED) is 0.721. The summed E-state index contributed by atoms with van der Waals surface area (Å²) in [4.78, 5) is 0. The number of hydrogen-bond donors (Lipinski definition) is 1. The second kappa shape index (κ2) is 8.34. The lowest BCUT2D eigenvalue weighted by Crippen LogP contribution is -2.27. The van der Waals surface area contributed by atoms with Gasteiger partial charge in [0, 0.05) is 20.2 Å². The molecule has 0 spiro atoms. The van der Waals surface area contributed by atoms with Crippen LogP contribution in [0.3, 0.4) is 0 Å². The lowest BCUT2D eigenvalue weighted by atomic mass is 9.87. The van der Waals surface area contributed by atoms with Gasteiger partial charge in [0.05, 0.1) is 6.61 Å². The molecule has 1 unspecified atom stereocenters. The molecule has 1 aromatic rings. The molecule has 1 atom stereocenters. The molecule has 0 aliphatic rings. The van der Waals surface area contributed by atoms with Gasteiger partial charge in [0.15, 0.2) is 0 Å². The van der Waals surface area contributed by atoms with Gasteiger partial charge in [0.1, 0.15) is 0 Å². The molecule has 0 bridgehead atoms. The van der Waals surface area contributed by atoms with E-state index in [1.165, 1.54) is 11.1 Å². The first-order valence-corrected chi connectivity index (χ1v) is 7.35. The van der Waals surface area contributed by atoms with Crippen molar-refractivity contribution in [2.24, 2.45) is 5.92 Å². The van der Waals surface area contributed by atoms with Crippen LogP contribution in [0.5, 0.6) is 0 Å². The van der Waals surface area contributed by atoms with Crippen LogP contribution in [0.1, 0.15) is 50.7 Å². The monoisotopic (exact) mass is 263 g/mol. The summed E-state index contributed by atoms with van der Waals surface area (Å²) >= 11 is 0. The van der Waals surface area contributed by atoms with Crippen molar-refractivity contribution in [2.75, 3.05) is 26.8 Å². The van der Waals surface area contributed by atoms with Crippen LogP contribution in [-0.4, -0.2) is 26.8 Å². The van der Waals surface area contributed by atoms with Crippen LogP contribution in [0.15, 0.2) is 24.3 Å². The van der Waals surface area contributed by atoms with E-state index >= 15 is 0 Å². The molecule has 0 heterocycles. The van der Waals surface area contributed by atoms with E-state index < -0.39 is 0 Å². The van der Waals surface area contributed by atoms with Crippen LogP contribution in [-0.2, 0) is 4.74 Å². The van der Waals surface area contributed by atoms with Gasteiger partial charge in [0.25, 0.3) is 0 Å². The maximum atomic E-state index is 5.07. The van der Waals surface area contributed by atoms with Crippen LogP contribution in [0.4, 0.5) is 0 Å². The van der Waals surface area contributed by atoms with Crippen molar-refractivity contribution >= 4 is 0 Å². The average molecular weight is 263 g/mol. The summed E-state index contributed by atoms with van der Waals surface area (Å²) in [5, 5.41) is 3.48. The number of rotatable bonds is 8. The molecule has 0 radical (unpaired) electrons. The highest BCUT2D eigenvalue weighted by atomic mass is 16.5. The molecule has 1 rings (SSSR count). The molecule has 0 saturated heterocycles. The first kappa shape index (κ1) is 16.2. The summed E-state index contributed by atoms with van der Waals surface area (Å²) in [6.07, 6.45) is 0. The molecule has 2 heteroatoms. The summed E-state index contributed by atoms with van der Waals surface area (Å²) in [5.74, 6) is 1.81. The fourth-order valence-electron chi connectivity index (χ4n) is 2.30. The number of ether oxygens (including phenoxy) is 1. The fraction of sp³-hybridized carbons (Fsp3) is 0.647. The van der Waals surface area contributed by atoms with Crippen molar-refractivity contribution < 1.29 is 4.74 Å². The SMILES string of the molecule is COCCNCC(c1ccc(C(C)C)cc1)C(C)C. The third-order valence-corrected chi connectivity index (χ3v) is 3.68. The van der Waals surface area contributed by atoms with Crippen molar-refractivity contribution in [3.63, 3.8) is 0 Å². The van der Waals surface area contributed by atoms with Crippen molar-refractivity contribution in [3.05, 3.63) is 35.4 Å². The molecule has 0 aromatic heterocycles. The smallest absolute Gasteiger partial charge is 0.0587 e. The lowest BCUT2D eigenvalue weighted by molar-refractivity contribution is 0.198. The fourth-order valence-corrected chi connectivity index (χ4v) is 2.30. The summed E-state index contributed by atoms with van der Waals surface area (Å²) in [5.41, 5.74) is 2.85. The van der Waals surface area contributed by atoms with Gasteiger partial charge in [-0.1, -0.05) is 52.0 Å². The van der Waals surface area contributed by atoms with E-state index in [4.69, 9.17) is 4.74 Å². The van der Waals surface area contributed by atoms with Gasteiger partial charge in [-0.05, 0) is 28.9 Å². The maximum Gasteiger partial charge on any atom is 0.0587 e. The normalized spacial score (nSPS) is 13.2. The van der Waals surface area contributed by atoms with Crippen molar-refractivity contribution in [2.45, 2.75) is 39.5 Å². The topological polar surface area (TPSA) is 21.3 Å². The zero-order valence-corrected chi connectivity index (χ0v) is 13.1. The molecular weight excluding hydrogens is 234 g/mol. The van der Waals surface area contributed by atoms with Gasteiger partial charge < -0.3 is 10.1 Å². The highest BCUT2D eigenvalue weighted by Gasteiger charge is 2.15. The van der Waals surface area contributed by atoms with Gasteiger partial charge in [-0.15, -0.1) is 0 Å². The average Bonchev–Trinajstić information content (AvgIpc) is 2.38. The zero-order chi connectivity index (χ0) is 14.3. The van der Waals surface area contributed by atoms with E-state index in [-0.39, 0.29) is 0 Å². The highest BCUT2D eigenvalue weighted by molar-refractivity contribution is 5.27. The number of benzene rings is 1. The second-order valence-corrected chi connectivity index (χ2v) is 5.87. The molecule has 0 fully saturated rings. The van der Waals surface area contributed by atoms with Crippen LogP contribution in [0.25, 0.3) is 0 Å². The van der Waals surface area contributed by atoms with E-state index in [0.717, 1.165) is 19.7 Å². The Labute approximate surface area is 118 Å². The standard InChI is InChI=1S/C17H29NO/c1-13(2)15-6-8-16(9-7-15)17(14(3)4)12-18-10-11-19-5/h6-9,13-14,17-18H,10-12H2,1-5H3. The van der Waals surface area contributed by atoms with Gasteiger partial charge in [0.2, 0.25) is 0 Å². The van der Waals surface area contributed by atoms with E-state index in [9.17, 15) is 0 Å². The molecule has 108 valence electrons. The predicted octanol–water partition coefficient (Wildman–Crippen LogP) is 3.79. The number of methoxy groups -OCH3 is 1. The Morgan fingerprint density at radius 3 is 2.05 bits per heavy atom. The summed E-state index contributed by atoms with van der Waals surface area (Å²) in [6, 6.07) is 9.12. The minimum Gasteiger partial charge on any atom is -0.383 e. The predicted molar refractivity (Wildman–Crippen MR) is 82.9 cm³/mol. The second-order valence-electron chi connectivity index (χ2n) is 5.87. The molecule has 0 saturated carbocycles. The Bertz CT molecular complexity index is 343. The van der Waals surface area contributed by atoms with Crippen molar-refractivity contribution in [3.8, 4) is 0 Å². The molecule has 0 aliphatic carbocycles. The molecule has 0 amide bonds. The van der Waals surface area contributed by atoms with Crippen LogP contribution >= 0.6 is 0 Å².